The van der Waals surface area contributed by atoms with Crippen molar-refractivity contribution in [2.24, 2.45) is 4.99 Å². The maximum Gasteiger partial charge on any atom is 0.278 e. The van der Waals surface area contributed by atoms with E-state index in [4.69, 9.17) is 4.99 Å². The van der Waals surface area contributed by atoms with Crippen LogP contribution in [0.15, 0.2) is 47.5 Å². The van der Waals surface area contributed by atoms with Gasteiger partial charge in [-0.3, -0.25) is 9.69 Å². The summed E-state index contributed by atoms with van der Waals surface area (Å²) in [7, 11) is 0. The van der Waals surface area contributed by atoms with Gasteiger partial charge in [-0.2, -0.15) is 0 Å². The second-order valence-electron chi connectivity index (χ2n) is 8.54. The van der Waals surface area contributed by atoms with Crippen LogP contribution >= 0.6 is 0 Å². The maximum absolute atomic E-state index is 13.4. The number of nitrogens with zero attached hydrogens (tertiary/aromatic N) is 2. The number of rotatable bonds is 2. The van der Waals surface area contributed by atoms with E-state index in [9.17, 15) is 4.79 Å². The van der Waals surface area contributed by atoms with Crippen LogP contribution in [-0.2, 0) is 4.79 Å². The summed E-state index contributed by atoms with van der Waals surface area (Å²) in [6, 6.07) is 12.5. The monoisotopic (exact) mass is 358 g/mol. The molecule has 0 fully saturated rings. The smallest absolute Gasteiger partial charge is 0.278 e. The van der Waals surface area contributed by atoms with Crippen molar-refractivity contribution >= 4 is 28.6 Å². The molecule has 0 spiro atoms. The van der Waals surface area contributed by atoms with Crippen LogP contribution in [0.5, 0.6) is 0 Å². The van der Waals surface area contributed by atoms with Crippen LogP contribution in [0.4, 0.5) is 11.4 Å². The molecule has 0 aromatic heterocycles. The van der Waals surface area contributed by atoms with Gasteiger partial charge in [-0.25, -0.2) is 4.99 Å². The Labute approximate surface area is 161 Å². The normalized spacial score (nSPS) is 18.9. The molecule has 0 atom stereocenters. The predicted octanol–water partition coefficient (Wildman–Crippen LogP) is 5.78. The quantitative estimate of drug-likeness (QED) is 0.669. The molecule has 3 heteroatoms. The lowest BCUT2D eigenvalue weighted by Gasteiger charge is -2.38. The van der Waals surface area contributed by atoms with Crippen LogP contribution in [-0.4, -0.2) is 17.2 Å². The summed E-state index contributed by atoms with van der Waals surface area (Å²) in [6.07, 6.45) is 2.18. The Bertz CT molecular complexity index is 1010. The lowest BCUT2D eigenvalue weighted by atomic mass is 9.88. The summed E-state index contributed by atoms with van der Waals surface area (Å²) in [4.78, 5) is 20.0. The van der Waals surface area contributed by atoms with Crippen molar-refractivity contribution in [2.45, 2.75) is 53.0 Å². The van der Waals surface area contributed by atoms with E-state index in [2.05, 4.69) is 71.9 Å². The number of hydrogen-bond donors (Lipinski definition) is 0. The fourth-order valence-corrected chi connectivity index (χ4v) is 4.22. The van der Waals surface area contributed by atoms with Crippen molar-refractivity contribution in [3.63, 3.8) is 0 Å². The minimum atomic E-state index is -0.364. The van der Waals surface area contributed by atoms with Crippen molar-refractivity contribution in [2.75, 3.05) is 4.90 Å². The van der Waals surface area contributed by atoms with Crippen molar-refractivity contribution in [1.29, 1.82) is 0 Å². The van der Waals surface area contributed by atoms with E-state index < -0.39 is 0 Å². The predicted molar refractivity (Wildman–Crippen MR) is 113 cm³/mol. The first-order valence-electron chi connectivity index (χ1n) is 9.57. The molecule has 0 saturated carbocycles. The molecule has 2 aliphatic heterocycles. The Morgan fingerprint density at radius 1 is 1.00 bits per heavy atom. The standard InChI is InChI=1S/C24H26N2O/c1-14(2)17-7-9-18(10-8-17)25-21-20-12-15(3)11-19-16(4)13-24(5,6)26(22(19)20)23(21)27/h7-14H,1-6H3. The fourth-order valence-electron chi connectivity index (χ4n) is 4.22. The highest BCUT2D eigenvalue weighted by atomic mass is 16.2. The molecule has 2 aliphatic rings. The Morgan fingerprint density at radius 2 is 1.63 bits per heavy atom. The van der Waals surface area contributed by atoms with Gasteiger partial charge >= 0.3 is 0 Å². The van der Waals surface area contributed by atoms with Gasteiger partial charge in [0.2, 0.25) is 0 Å². The van der Waals surface area contributed by atoms with Gasteiger partial charge in [0, 0.05) is 11.1 Å². The van der Waals surface area contributed by atoms with Crippen molar-refractivity contribution < 1.29 is 4.79 Å². The SMILES string of the molecule is CC1=CC(C)(C)N2C(=O)C(=Nc3ccc(C(C)C)cc3)c3cc(C)cc1c32. The third kappa shape index (κ3) is 2.73. The van der Waals surface area contributed by atoms with Gasteiger partial charge in [0.05, 0.1) is 16.9 Å². The molecule has 2 aromatic carbocycles. The van der Waals surface area contributed by atoms with Crippen molar-refractivity contribution in [3.05, 3.63) is 64.7 Å². The lowest BCUT2D eigenvalue weighted by molar-refractivity contribution is -0.112. The highest BCUT2D eigenvalue weighted by Gasteiger charge is 2.45. The van der Waals surface area contributed by atoms with Crippen LogP contribution in [0.3, 0.4) is 0 Å². The number of aliphatic imine (C=N–C) groups is 1. The molecule has 3 nitrogen and oxygen atoms in total. The van der Waals surface area contributed by atoms with Gasteiger partial charge in [-0.1, -0.05) is 32.1 Å². The molecule has 0 unspecified atom stereocenters. The number of carbonyl (C=O) groups excluding carboxylic acids is 1. The van der Waals surface area contributed by atoms with Crippen LogP contribution in [0.25, 0.3) is 5.57 Å². The first kappa shape index (κ1) is 17.7. The summed E-state index contributed by atoms with van der Waals surface area (Å²) in [5, 5.41) is 0. The highest BCUT2D eigenvalue weighted by Crippen LogP contribution is 2.46. The molecule has 0 radical (unpaired) electrons. The third-order valence-corrected chi connectivity index (χ3v) is 5.51. The van der Waals surface area contributed by atoms with E-state index in [1.807, 2.05) is 17.0 Å². The van der Waals surface area contributed by atoms with Gasteiger partial charge < -0.3 is 0 Å². The average Bonchev–Trinajstić information content (AvgIpc) is 2.86. The Morgan fingerprint density at radius 3 is 2.26 bits per heavy atom. The van der Waals surface area contributed by atoms with Crippen LogP contribution in [0.1, 0.15) is 62.8 Å². The molecule has 27 heavy (non-hydrogen) atoms. The minimum absolute atomic E-state index is 0.0152. The first-order valence-corrected chi connectivity index (χ1v) is 9.57. The summed E-state index contributed by atoms with van der Waals surface area (Å²) in [5.41, 5.74) is 7.73. The number of allylic oxidation sites excluding steroid dienone is 1. The van der Waals surface area contributed by atoms with Crippen LogP contribution in [0, 0.1) is 6.92 Å². The Balaban J connectivity index is 1.89. The van der Waals surface area contributed by atoms with Gasteiger partial charge in [-0.15, -0.1) is 0 Å². The van der Waals surface area contributed by atoms with Gasteiger partial charge in [0.1, 0.15) is 5.71 Å². The number of amides is 1. The molecule has 0 N–H and O–H groups in total. The van der Waals surface area contributed by atoms with Crippen LogP contribution < -0.4 is 4.90 Å². The first-order chi connectivity index (χ1) is 12.7. The molecule has 0 aliphatic carbocycles. The summed E-state index contributed by atoms with van der Waals surface area (Å²) in [5.74, 6) is 0.462. The van der Waals surface area contributed by atoms with Gasteiger partial charge in [0.25, 0.3) is 5.91 Å². The van der Waals surface area contributed by atoms with E-state index in [0.29, 0.717) is 11.6 Å². The molecule has 0 bridgehead atoms. The summed E-state index contributed by atoms with van der Waals surface area (Å²) < 4.78 is 0. The summed E-state index contributed by atoms with van der Waals surface area (Å²) >= 11 is 0. The molecule has 2 aromatic rings. The minimum Gasteiger partial charge on any atom is -0.297 e. The van der Waals surface area contributed by atoms with Crippen molar-refractivity contribution in [3.8, 4) is 0 Å². The van der Waals surface area contributed by atoms with E-state index >= 15 is 0 Å². The second kappa shape index (κ2) is 5.91. The van der Waals surface area contributed by atoms with E-state index in [1.165, 1.54) is 11.1 Å². The number of hydrogen-bond acceptors (Lipinski definition) is 2. The largest absolute Gasteiger partial charge is 0.297 e. The average molecular weight is 358 g/mol. The maximum atomic E-state index is 13.4. The highest BCUT2D eigenvalue weighted by molar-refractivity contribution is 6.55. The van der Waals surface area contributed by atoms with Gasteiger partial charge in [0.15, 0.2) is 0 Å². The molecule has 1 amide bonds. The Hall–Kier alpha value is -2.68. The second-order valence-corrected chi connectivity index (χ2v) is 8.54. The zero-order valence-electron chi connectivity index (χ0n) is 16.9. The van der Waals surface area contributed by atoms with E-state index in [1.54, 1.807) is 0 Å². The lowest BCUT2D eigenvalue weighted by Crippen LogP contribution is -2.47. The number of carbonyl (C=O) groups is 1. The zero-order chi connectivity index (χ0) is 19.5. The Kier molecular flexibility index (Phi) is 3.88. The van der Waals surface area contributed by atoms with E-state index in [0.717, 1.165) is 28.1 Å². The molecular formula is C24H26N2O. The van der Waals surface area contributed by atoms with Gasteiger partial charge in [-0.05, 0) is 74.6 Å². The zero-order valence-corrected chi connectivity index (χ0v) is 16.9. The molecular weight excluding hydrogens is 332 g/mol. The molecule has 2 heterocycles. The fraction of sp³-hybridized carbons (Fsp3) is 0.333. The number of aryl methyl sites for hydroxylation is 1. The number of benzene rings is 2. The van der Waals surface area contributed by atoms with Crippen molar-refractivity contribution in [1.82, 2.24) is 0 Å². The molecule has 4 rings (SSSR count). The number of anilines is 1. The topological polar surface area (TPSA) is 32.7 Å². The van der Waals surface area contributed by atoms with Crippen LogP contribution in [0.2, 0.25) is 0 Å². The summed E-state index contributed by atoms with van der Waals surface area (Å²) in [6.45, 7) is 12.7. The molecule has 0 saturated heterocycles. The van der Waals surface area contributed by atoms with E-state index in [-0.39, 0.29) is 11.4 Å². The molecule has 138 valence electrons. The third-order valence-electron chi connectivity index (χ3n) is 5.51.